The minimum absolute atomic E-state index is 0.248. The van der Waals surface area contributed by atoms with Gasteiger partial charge in [0.05, 0.1) is 12.1 Å². The summed E-state index contributed by atoms with van der Waals surface area (Å²) in [7, 11) is 0. The zero-order chi connectivity index (χ0) is 13.0. The lowest BCUT2D eigenvalue weighted by Gasteiger charge is -2.22. The van der Waals surface area contributed by atoms with Crippen LogP contribution in [0.3, 0.4) is 0 Å². The Morgan fingerprint density at radius 2 is 2.11 bits per heavy atom. The van der Waals surface area contributed by atoms with Gasteiger partial charge in [0.25, 0.3) is 0 Å². The number of benzene rings is 1. The van der Waals surface area contributed by atoms with Crippen LogP contribution in [-0.2, 0) is 4.74 Å². The van der Waals surface area contributed by atoms with Crippen LogP contribution in [0.4, 0.5) is 5.69 Å². The van der Waals surface area contributed by atoms with Crippen LogP contribution in [0.25, 0.3) is 0 Å². The molecule has 0 aromatic heterocycles. The van der Waals surface area contributed by atoms with Crippen LogP contribution in [0.1, 0.15) is 25.3 Å². The number of thiocarbonyl (C=S) groups is 1. The second kappa shape index (κ2) is 6.16. The molecule has 0 amide bonds. The number of nitrogens with one attached hydrogen (secondary N) is 2. The highest BCUT2D eigenvalue weighted by Crippen LogP contribution is 2.15. The lowest BCUT2D eigenvalue weighted by atomic mass is 10.1. The van der Waals surface area contributed by atoms with Crippen molar-refractivity contribution in [3.05, 3.63) is 29.8 Å². The Labute approximate surface area is 114 Å². The first-order valence-corrected chi connectivity index (χ1v) is 6.82. The standard InChI is InChI=1S/C14H20N2OS/c1-10-5-7-12(8-6-10)16-14(18)15-11(2)13-4-3-9-17-13/h5-8,11,13H,3-4,9H2,1-2H3,(H2,15,16,18). The lowest BCUT2D eigenvalue weighted by molar-refractivity contribution is 0.0895. The van der Waals surface area contributed by atoms with Gasteiger partial charge in [0.15, 0.2) is 5.11 Å². The van der Waals surface area contributed by atoms with E-state index in [-0.39, 0.29) is 12.1 Å². The molecule has 98 valence electrons. The largest absolute Gasteiger partial charge is 0.376 e. The fourth-order valence-electron chi connectivity index (χ4n) is 2.10. The molecule has 0 bridgehead atoms. The first kappa shape index (κ1) is 13.3. The molecule has 18 heavy (non-hydrogen) atoms. The zero-order valence-corrected chi connectivity index (χ0v) is 11.7. The quantitative estimate of drug-likeness (QED) is 0.823. The molecule has 1 saturated heterocycles. The summed E-state index contributed by atoms with van der Waals surface area (Å²) in [6.45, 7) is 5.05. The van der Waals surface area contributed by atoms with Gasteiger partial charge in [0.1, 0.15) is 0 Å². The smallest absolute Gasteiger partial charge is 0.171 e. The van der Waals surface area contributed by atoms with E-state index in [4.69, 9.17) is 17.0 Å². The van der Waals surface area contributed by atoms with Gasteiger partial charge >= 0.3 is 0 Å². The highest BCUT2D eigenvalue weighted by molar-refractivity contribution is 7.80. The molecule has 2 unspecified atom stereocenters. The van der Waals surface area contributed by atoms with Crippen LogP contribution >= 0.6 is 12.2 Å². The van der Waals surface area contributed by atoms with Gasteiger partial charge in [-0.3, -0.25) is 0 Å². The average Bonchev–Trinajstić information content (AvgIpc) is 2.85. The van der Waals surface area contributed by atoms with E-state index in [9.17, 15) is 0 Å². The van der Waals surface area contributed by atoms with Gasteiger partial charge < -0.3 is 15.4 Å². The second-order valence-corrected chi connectivity index (χ2v) is 5.21. The van der Waals surface area contributed by atoms with Gasteiger partial charge in [-0.1, -0.05) is 17.7 Å². The number of hydrogen-bond donors (Lipinski definition) is 2. The number of anilines is 1. The molecule has 0 aliphatic carbocycles. The number of aryl methyl sites for hydroxylation is 1. The first-order valence-electron chi connectivity index (χ1n) is 6.41. The Morgan fingerprint density at radius 3 is 2.72 bits per heavy atom. The highest BCUT2D eigenvalue weighted by atomic mass is 32.1. The SMILES string of the molecule is Cc1ccc(NC(=S)NC(C)C2CCCO2)cc1. The Bertz CT molecular complexity index is 399. The van der Waals surface area contributed by atoms with E-state index in [1.807, 2.05) is 12.1 Å². The second-order valence-electron chi connectivity index (χ2n) is 4.80. The third kappa shape index (κ3) is 3.68. The molecule has 2 N–H and O–H groups in total. The van der Waals surface area contributed by atoms with Crippen LogP contribution in [0.15, 0.2) is 24.3 Å². The molecule has 1 aliphatic heterocycles. The maximum atomic E-state index is 5.63. The molecular formula is C14H20N2OS. The van der Waals surface area contributed by atoms with Crippen molar-refractivity contribution >= 4 is 23.0 Å². The van der Waals surface area contributed by atoms with E-state index in [0.717, 1.165) is 25.1 Å². The predicted octanol–water partition coefficient (Wildman–Crippen LogP) is 2.85. The predicted molar refractivity (Wildman–Crippen MR) is 79.0 cm³/mol. The molecule has 0 radical (unpaired) electrons. The number of ether oxygens (including phenoxy) is 1. The Morgan fingerprint density at radius 1 is 1.39 bits per heavy atom. The van der Waals surface area contributed by atoms with Gasteiger partial charge in [0, 0.05) is 12.3 Å². The number of hydrogen-bond acceptors (Lipinski definition) is 2. The van der Waals surface area contributed by atoms with E-state index >= 15 is 0 Å². The summed E-state index contributed by atoms with van der Waals surface area (Å²) in [5.74, 6) is 0. The molecule has 1 aliphatic rings. The van der Waals surface area contributed by atoms with E-state index in [1.165, 1.54) is 5.56 Å². The average molecular weight is 264 g/mol. The molecular weight excluding hydrogens is 244 g/mol. The zero-order valence-electron chi connectivity index (χ0n) is 10.9. The van der Waals surface area contributed by atoms with Gasteiger partial charge in [-0.25, -0.2) is 0 Å². The molecule has 1 fully saturated rings. The van der Waals surface area contributed by atoms with Crippen LogP contribution in [0, 0.1) is 6.92 Å². The van der Waals surface area contributed by atoms with Crippen molar-refractivity contribution < 1.29 is 4.74 Å². The fraction of sp³-hybridized carbons (Fsp3) is 0.500. The first-order chi connectivity index (χ1) is 8.65. The lowest BCUT2D eigenvalue weighted by Crippen LogP contribution is -2.42. The third-order valence-corrected chi connectivity index (χ3v) is 3.41. The monoisotopic (exact) mass is 264 g/mol. The molecule has 4 heteroatoms. The topological polar surface area (TPSA) is 33.3 Å². The van der Waals surface area contributed by atoms with Gasteiger partial charge in [-0.05, 0) is 51.0 Å². The van der Waals surface area contributed by atoms with Crippen molar-refractivity contribution in [2.45, 2.75) is 38.8 Å². The van der Waals surface area contributed by atoms with Crippen LogP contribution in [0.2, 0.25) is 0 Å². The Balaban J connectivity index is 1.82. The van der Waals surface area contributed by atoms with Crippen molar-refractivity contribution in [3.63, 3.8) is 0 Å². The maximum Gasteiger partial charge on any atom is 0.171 e. The molecule has 2 rings (SSSR count). The summed E-state index contributed by atoms with van der Waals surface area (Å²) < 4.78 is 5.63. The summed E-state index contributed by atoms with van der Waals surface area (Å²) >= 11 is 5.30. The molecule has 1 heterocycles. The minimum atomic E-state index is 0.248. The van der Waals surface area contributed by atoms with Crippen molar-refractivity contribution in [3.8, 4) is 0 Å². The van der Waals surface area contributed by atoms with Crippen LogP contribution in [0.5, 0.6) is 0 Å². The fourth-order valence-corrected chi connectivity index (χ4v) is 2.40. The van der Waals surface area contributed by atoms with E-state index in [0.29, 0.717) is 5.11 Å². The summed E-state index contributed by atoms with van der Waals surface area (Å²) in [6, 6.07) is 8.43. The molecule has 0 saturated carbocycles. The van der Waals surface area contributed by atoms with Gasteiger partial charge in [0.2, 0.25) is 0 Å². The van der Waals surface area contributed by atoms with Gasteiger partial charge in [-0.15, -0.1) is 0 Å². The van der Waals surface area contributed by atoms with Crippen LogP contribution < -0.4 is 10.6 Å². The normalized spacial score (nSPS) is 20.4. The molecule has 0 spiro atoms. The van der Waals surface area contributed by atoms with Crippen molar-refractivity contribution in [2.75, 3.05) is 11.9 Å². The Kier molecular flexibility index (Phi) is 4.55. The summed E-state index contributed by atoms with van der Waals surface area (Å²) in [4.78, 5) is 0. The van der Waals surface area contributed by atoms with Crippen molar-refractivity contribution in [1.29, 1.82) is 0 Å². The maximum absolute atomic E-state index is 5.63. The van der Waals surface area contributed by atoms with Crippen molar-refractivity contribution in [2.24, 2.45) is 0 Å². The highest BCUT2D eigenvalue weighted by Gasteiger charge is 2.22. The summed E-state index contributed by atoms with van der Waals surface area (Å²) in [5.41, 5.74) is 2.25. The summed E-state index contributed by atoms with van der Waals surface area (Å²) in [5, 5.41) is 7.12. The number of rotatable bonds is 3. The molecule has 1 aromatic rings. The minimum Gasteiger partial charge on any atom is -0.376 e. The summed E-state index contributed by atoms with van der Waals surface area (Å²) in [6.07, 6.45) is 2.54. The molecule has 2 atom stereocenters. The van der Waals surface area contributed by atoms with Crippen molar-refractivity contribution in [1.82, 2.24) is 5.32 Å². The molecule has 3 nitrogen and oxygen atoms in total. The van der Waals surface area contributed by atoms with E-state index in [1.54, 1.807) is 0 Å². The third-order valence-electron chi connectivity index (χ3n) is 3.19. The molecule has 1 aromatic carbocycles. The van der Waals surface area contributed by atoms with E-state index < -0.39 is 0 Å². The van der Waals surface area contributed by atoms with Crippen LogP contribution in [-0.4, -0.2) is 23.9 Å². The van der Waals surface area contributed by atoms with E-state index in [2.05, 4.69) is 36.6 Å². The van der Waals surface area contributed by atoms with Gasteiger partial charge in [-0.2, -0.15) is 0 Å². The Hall–Kier alpha value is -1.13.